The maximum absolute atomic E-state index is 6.07. The summed E-state index contributed by atoms with van der Waals surface area (Å²) < 4.78 is 1.69. The van der Waals surface area contributed by atoms with Crippen LogP contribution in [-0.2, 0) is 0 Å². The first-order valence-electron chi connectivity index (χ1n) is 4.77. The van der Waals surface area contributed by atoms with Crippen LogP contribution in [0.2, 0.25) is 5.02 Å². The molecule has 0 atom stereocenters. The molecule has 1 aromatic carbocycles. The van der Waals surface area contributed by atoms with Crippen LogP contribution in [0.3, 0.4) is 0 Å². The number of anilines is 1. The van der Waals surface area contributed by atoms with Crippen molar-refractivity contribution in [3.8, 4) is 5.69 Å². The Morgan fingerprint density at radius 2 is 2.19 bits per heavy atom. The molecule has 0 aliphatic heterocycles. The average molecular weight is 254 g/mol. The van der Waals surface area contributed by atoms with Crippen LogP contribution < -0.4 is 5.73 Å². The molecule has 0 saturated carbocycles. The van der Waals surface area contributed by atoms with Crippen LogP contribution in [0.4, 0.5) is 5.82 Å². The minimum atomic E-state index is 0.646. The molecule has 0 bridgehead atoms. The van der Waals surface area contributed by atoms with E-state index >= 15 is 0 Å². The molecule has 0 fully saturated rings. The van der Waals surface area contributed by atoms with E-state index in [-0.39, 0.29) is 0 Å². The Balaban J connectivity index is 2.50. The largest absolute Gasteiger partial charge is 0.383 e. The van der Waals surface area contributed by atoms with Crippen molar-refractivity contribution in [2.24, 2.45) is 0 Å². The molecule has 84 valence electrons. The highest BCUT2D eigenvalue weighted by molar-refractivity contribution is 7.98. The Kier molecular flexibility index (Phi) is 3.12. The van der Waals surface area contributed by atoms with Gasteiger partial charge in [-0.1, -0.05) is 17.7 Å². The molecule has 0 amide bonds. The number of benzene rings is 1. The van der Waals surface area contributed by atoms with Gasteiger partial charge >= 0.3 is 0 Å². The number of hydrogen-bond acceptors (Lipinski definition) is 3. The van der Waals surface area contributed by atoms with Gasteiger partial charge in [-0.15, -0.1) is 11.8 Å². The van der Waals surface area contributed by atoms with E-state index in [1.165, 1.54) is 0 Å². The van der Waals surface area contributed by atoms with Crippen LogP contribution in [0.15, 0.2) is 29.3 Å². The Morgan fingerprint density at radius 1 is 1.44 bits per heavy atom. The fourth-order valence-corrected chi connectivity index (χ4v) is 2.04. The molecule has 2 rings (SSSR count). The third-order valence-corrected chi connectivity index (χ3v) is 3.55. The van der Waals surface area contributed by atoms with Gasteiger partial charge in [-0.2, -0.15) is 5.10 Å². The number of thioether (sulfide) groups is 1. The summed E-state index contributed by atoms with van der Waals surface area (Å²) in [5.74, 6) is 0.646. The lowest BCUT2D eigenvalue weighted by Crippen LogP contribution is -2.02. The van der Waals surface area contributed by atoms with E-state index in [9.17, 15) is 0 Å². The Bertz CT molecular complexity index is 522. The second-order valence-electron chi connectivity index (χ2n) is 3.44. The fraction of sp³-hybridized carbons (Fsp3) is 0.182. The van der Waals surface area contributed by atoms with Gasteiger partial charge in [0.15, 0.2) is 0 Å². The minimum absolute atomic E-state index is 0.646. The lowest BCUT2D eigenvalue weighted by molar-refractivity contribution is 0.890. The molecular formula is C11H12ClN3S. The number of aryl methyl sites for hydroxylation is 1. The van der Waals surface area contributed by atoms with Crippen LogP contribution in [0.5, 0.6) is 0 Å². The summed E-state index contributed by atoms with van der Waals surface area (Å²) in [6.45, 7) is 1.96. The number of halogens is 1. The zero-order valence-corrected chi connectivity index (χ0v) is 10.6. The maximum Gasteiger partial charge on any atom is 0.140 e. The number of hydrogen-bond donors (Lipinski definition) is 1. The molecule has 0 radical (unpaired) electrons. The zero-order chi connectivity index (χ0) is 11.7. The van der Waals surface area contributed by atoms with Gasteiger partial charge < -0.3 is 5.73 Å². The van der Waals surface area contributed by atoms with Gasteiger partial charge in [0.2, 0.25) is 0 Å². The van der Waals surface area contributed by atoms with Gasteiger partial charge in [0.1, 0.15) is 5.82 Å². The SMILES string of the molecule is CSc1cnn(-c2ccc(C)c(Cl)c2)c1N. The third kappa shape index (κ3) is 1.90. The van der Waals surface area contributed by atoms with Gasteiger partial charge in [-0.05, 0) is 30.9 Å². The normalized spacial score (nSPS) is 10.7. The standard InChI is InChI=1S/C11H12ClN3S/c1-7-3-4-8(5-9(7)12)15-11(13)10(16-2)6-14-15/h3-6H,13H2,1-2H3. The van der Waals surface area contributed by atoms with E-state index in [0.29, 0.717) is 5.82 Å². The van der Waals surface area contributed by atoms with Crippen molar-refractivity contribution in [1.82, 2.24) is 9.78 Å². The van der Waals surface area contributed by atoms with Crippen molar-refractivity contribution < 1.29 is 0 Å². The predicted octanol–water partition coefficient (Wildman–Crippen LogP) is 3.14. The highest BCUT2D eigenvalue weighted by Gasteiger charge is 2.08. The van der Waals surface area contributed by atoms with Crippen molar-refractivity contribution in [3.63, 3.8) is 0 Å². The number of nitrogens with zero attached hydrogens (tertiary/aromatic N) is 2. The molecule has 16 heavy (non-hydrogen) atoms. The third-order valence-electron chi connectivity index (χ3n) is 2.39. The highest BCUT2D eigenvalue weighted by atomic mass is 35.5. The van der Waals surface area contributed by atoms with Crippen LogP contribution in [-0.4, -0.2) is 16.0 Å². The Morgan fingerprint density at radius 3 is 2.75 bits per heavy atom. The average Bonchev–Trinajstić information content (AvgIpc) is 2.64. The van der Waals surface area contributed by atoms with Crippen molar-refractivity contribution in [3.05, 3.63) is 35.0 Å². The second kappa shape index (κ2) is 4.39. The van der Waals surface area contributed by atoms with Gasteiger partial charge in [0.25, 0.3) is 0 Å². The molecule has 3 nitrogen and oxygen atoms in total. The first-order valence-corrected chi connectivity index (χ1v) is 6.37. The molecule has 0 unspecified atom stereocenters. The molecule has 0 saturated heterocycles. The Hall–Kier alpha value is -1.13. The summed E-state index contributed by atoms with van der Waals surface area (Å²) in [5, 5.41) is 4.96. The van der Waals surface area contributed by atoms with Crippen molar-refractivity contribution in [2.45, 2.75) is 11.8 Å². The molecule has 2 aromatic rings. The van der Waals surface area contributed by atoms with Gasteiger partial charge in [-0.25, -0.2) is 4.68 Å². The summed E-state index contributed by atoms with van der Waals surface area (Å²) >= 11 is 7.65. The minimum Gasteiger partial charge on any atom is -0.383 e. The van der Waals surface area contributed by atoms with E-state index in [1.807, 2.05) is 31.4 Å². The maximum atomic E-state index is 6.07. The van der Waals surface area contributed by atoms with Crippen molar-refractivity contribution in [2.75, 3.05) is 12.0 Å². The smallest absolute Gasteiger partial charge is 0.140 e. The summed E-state index contributed by atoms with van der Waals surface area (Å²) in [5.41, 5.74) is 7.90. The van der Waals surface area contributed by atoms with Crippen LogP contribution in [0.25, 0.3) is 5.69 Å². The number of nitrogen functional groups attached to an aromatic ring is 1. The monoisotopic (exact) mass is 253 g/mol. The van der Waals surface area contributed by atoms with Gasteiger partial charge in [0, 0.05) is 5.02 Å². The van der Waals surface area contributed by atoms with E-state index < -0.39 is 0 Å². The van der Waals surface area contributed by atoms with E-state index in [4.69, 9.17) is 17.3 Å². The molecular weight excluding hydrogens is 242 g/mol. The topological polar surface area (TPSA) is 43.8 Å². The first kappa shape index (κ1) is 11.4. The molecule has 0 aliphatic carbocycles. The molecule has 5 heteroatoms. The Labute approximate surface area is 104 Å². The van der Waals surface area contributed by atoms with E-state index in [1.54, 1.807) is 22.6 Å². The molecule has 1 aromatic heterocycles. The predicted molar refractivity (Wildman–Crippen MR) is 69.5 cm³/mol. The molecule has 1 heterocycles. The molecule has 2 N–H and O–H groups in total. The number of nitrogens with two attached hydrogens (primary N) is 1. The van der Waals surface area contributed by atoms with E-state index in [0.717, 1.165) is 21.2 Å². The lowest BCUT2D eigenvalue weighted by atomic mass is 10.2. The number of aromatic nitrogens is 2. The van der Waals surface area contributed by atoms with Gasteiger partial charge in [-0.3, -0.25) is 0 Å². The van der Waals surface area contributed by atoms with Crippen LogP contribution >= 0.6 is 23.4 Å². The van der Waals surface area contributed by atoms with E-state index in [2.05, 4.69) is 5.10 Å². The van der Waals surface area contributed by atoms with Crippen molar-refractivity contribution >= 4 is 29.2 Å². The summed E-state index contributed by atoms with van der Waals surface area (Å²) in [4.78, 5) is 0.969. The van der Waals surface area contributed by atoms with Gasteiger partial charge in [0.05, 0.1) is 16.8 Å². The lowest BCUT2D eigenvalue weighted by Gasteiger charge is -2.06. The quantitative estimate of drug-likeness (QED) is 0.837. The summed E-state index contributed by atoms with van der Waals surface area (Å²) in [6, 6.07) is 5.77. The fourth-order valence-electron chi connectivity index (χ4n) is 1.42. The van der Waals surface area contributed by atoms with Crippen molar-refractivity contribution in [1.29, 1.82) is 0 Å². The second-order valence-corrected chi connectivity index (χ2v) is 4.70. The zero-order valence-electron chi connectivity index (χ0n) is 9.07. The van der Waals surface area contributed by atoms with Crippen LogP contribution in [0.1, 0.15) is 5.56 Å². The highest BCUT2D eigenvalue weighted by Crippen LogP contribution is 2.26. The summed E-state index contributed by atoms with van der Waals surface area (Å²) in [6.07, 6.45) is 3.73. The first-order chi connectivity index (χ1) is 7.63. The van der Waals surface area contributed by atoms with Crippen LogP contribution in [0, 0.1) is 6.92 Å². The molecule has 0 aliphatic rings. The molecule has 0 spiro atoms. The number of rotatable bonds is 2. The summed E-state index contributed by atoms with van der Waals surface area (Å²) in [7, 11) is 0.